The third-order valence-corrected chi connectivity index (χ3v) is 5.28. The molecule has 0 saturated carbocycles. The molecular weight excluding hydrogens is 280 g/mol. The summed E-state index contributed by atoms with van der Waals surface area (Å²) in [4.78, 5) is 11.6. The predicted molar refractivity (Wildman–Crippen MR) is 73.5 cm³/mol. The van der Waals surface area contributed by atoms with E-state index in [1.807, 2.05) is 6.92 Å². The first-order valence-corrected chi connectivity index (χ1v) is 7.70. The van der Waals surface area contributed by atoms with Gasteiger partial charge in [-0.25, -0.2) is 8.42 Å². The van der Waals surface area contributed by atoms with Crippen LogP contribution >= 0.6 is 0 Å². The van der Waals surface area contributed by atoms with Gasteiger partial charge in [-0.15, -0.1) is 0 Å². The van der Waals surface area contributed by atoms with E-state index in [1.54, 1.807) is 24.3 Å². The van der Waals surface area contributed by atoms with Gasteiger partial charge in [0.1, 0.15) is 0 Å². The Hall–Kier alpha value is -1.44. The number of ether oxygens (including phenoxy) is 1. The van der Waals surface area contributed by atoms with Crippen LogP contribution in [0.4, 0.5) is 0 Å². The van der Waals surface area contributed by atoms with E-state index in [4.69, 9.17) is 10.5 Å². The third-order valence-electron chi connectivity index (χ3n) is 3.42. The molecule has 0 aliphatic carbocycles. The summed E-state index contributed by atoms with van der Waals surface area (Å²) in [6.07, 6.45) is 0. The molecule has 110 valence electrons. The van der Waals surface area contributed by atoms with Gasteiger partial charge in [0.05, 0.1) is 18.0 Å². The Morgan fingerprint density at radius 1 is 1.35 bits per heavy atom. The van der Waals surface area contributed by atoms with Crippen molar-refractivity contribution in [3.05, 3.63) is 29.8 Å². The molecule has 0 aromatic heterocycles. The van der Waals surface area contributed by atoms with Crippen molar-refractivity contribution in [2.24, 2.45) is 5.73 Å². The maximum Gasteiger partial charge on any atom is 0.250 e. The fraction of sp³-hybridized carbons (Fsp3) is 0.462. The van der Waals surface area contributed by atoms with Crippen LogP contribution in [0, 0.1) is 6.92 Å². The average Bonchev–Trinajstić information content (AvgIpc) is 2.39. The Bertz CT molecular complexity index is 612. The second-order valence-corrected chi connectivity index (χ2v) is 7.03. The van der Waals surface area contributed by atoms with Gasteiger partial charge in [0, 0.05) is 6.54 Å². The summed E-state index contributed by atoms with van der Waals surface area (Å²) >= 11 is 0. The molecule has 1 saturated heterocycles. The van der Waals surface area contributed by atoms with Crippen LogP contribution in [-0.2, 0) is 19.6 Å². The molecular formula is C13H18N2O4S. The summed E-state index contributed by atoms with van der Waals surface area (Å²) in [5.41, 5.74) is 4.98. The van der Waals surface area contributed by atoms with Crippen molar-refractivity contribution in [1.29, 1.82) is 0 Å². The number of rotatable bonds is 3. The van der Waals surface area contributed by atoms with E-state index in [0.717, 1.165) is 5.56 Å². The van der Waals surface area contributed by atoms with Crippen molar-refractivity contribution >= 4 is 15.9 Å². The number of hydrogen-bond donors (Lipinski definition) is 1. The largest absolute Gasteiger partial charge is 0.367 e. The number of carbonyl (C=O) groups is 1. The van der Waals surface area contributed by atoms with Crippen LogP contribution in [-0.4, -0.2) is 43.9 Å². The molecule has 0 spiro atoms. The minimum absolute atomic E-state index is 0.0709. The van der Waals surface area contributed by atoms with Crippen LogP contribution in [0.2, 0.25) is 0 Å². The van der Waals surface area contributed by atoms with Crippen LogP contribution in [0.25, 0.3) is 0 Å². The number of aryl methyl sites for hydroxylation is 1. The lowest BCUT2D eigenvalue weighted by Gasteiger charge is -2.37. The van der Waals surface area contributed by atoms with Gasteiger partial charge in [-0.05, 0) is 26.0 Å². The van der Waals surface area contributed by atoms with E-state index >= 15 is 0 Å². The summed E-state index contributed by atoms with van der Waals surface area (Å²) in [7, 11) is -3.64. The number of nitrogens with zero attached hydrogens (tertiary/aromatic N) is 1. The van der Waals surface area contributed by atoms with E-state index in [-0.39, 0.29) is 24.6 Å². The molecule has 1 amide bonds. The quantitative estimate of drug-likeness (QED) is 0.866. The summed E-state index contributed by atoms with van der Waals surface area (Å²) < 4.78 is 31.6. The van der Waals surface area contributed by atoms with Gasteiger partial charge in [0.15, 0.2) is 5.60 Å². The molecule has 1 aliphatic rings. The van der Waals surface area contributed by atoms with Crippen LogP contribution in [0.15, 0.2) is 29.2 Å². The van der Waals surface area contributed by atoms with Crippen LogP contribution in [0.5, 0.6) is 0 Å². The third kappa shape index (κ3) is 2.70. The molecule has 0 bridgehead atoms. The zero-order valence-electron chi connectivity index (χ0n) is 11.5. The lowest BCUT2D eigenvalue weighted by Crippen LogP contribution is -2.58. The van der Waals surface area contributed by atoms with E-state index in [9.17, 15) is 13.2 Å². The van der Waals surface area contributed by atoms with E-state index in [1.165, 1.54) is 11.2 Å². The van der Waals surface area contributed by atoms with Crippen LogP contribution < -0.4 is 5.73 Å². The van der Waals surface area contributed by atoms with Crippen molar-refractivity contribution in [3.8, 4) is 0 Å². The van der Waals surface area contributed by atoms with Gasteiger partial charge < -0.3 is 10.5 Å². The molecule has 1 fully saturated rings. The predicted octanol–water partition coefficient (Wildman–Crippen LogP) is 0.260. The molecule has 0 unspecified atom stereocenters. The second kappa shape index (κ2) is 5.16. The molecule has 1 aromatic rings. The maximum absolute atomic E-state index is 12.5. The van der Waals surface area contributed by atoms with Crippen molar-refractivity contribution in [3.63, 3.8) is 0 Å². The Morgan fingerprint density at radius 3 is 2.50 bits per heavy atom. The lowest BCUT2D eigenvalue weighted by atomic mass is 10.1. The Balaban J connectivity index is 2.30. The molecule has 2 rings (SSSR count). The number of primary amides is 1. The smallest absolute Gasteiger partial charge is 0.250 e. The van der Waals surface area contributed by atoms with E-state index < -0.39 is 21.5 Å². The standard InChI is InChI=1S/C13H18N2O4S/c1-10-3-5-11(6-4-10)20(17,18)15-7-8-19-13(2,9-15)12(14)16/h3-6H,7-9H2,1-2H3,(H2,14,16)/t13-/m0/s1. The van der Waals surface area contributed by atoms with Gasteiger partial charge in [-0.2, -0.15) is 4.31 Å². The number of carbonyl (C=O) groups excluding carboxylic acids is 1. The van der Waals surface area contributed by atoms with Crippen LogP contribution in [0.3, 0.4) is 0 Å². The zero-order valence-corrected chi connectivity index (χ0v) is 12.3. The van der Waals surface area contributed by atoms with Gasteiger partial charge in [0.25, 0.3) is 5.91 Å². The fourth-order valence-electron chi connectivity index (χ4n) is 2.05. The van der Waals surface area contributed by atoms with E-state index in [2.05, 4.69) is 0 Å². The van der Waals surface area contributed by atoms with Crippen molar-refractivity contribution in [2.45, 2.75) is 24.3 Å². The van der Waals surface area contributed by atoms with Gasteiger partial charge in [-0.1, -0.05) is 17.7 Å². The Labute approximate surface area is 118 Å². The molecule has 1 aromatic carbocycles. The maximum atomic E-state index is 12.5. The number of morpholine rings is 1. The normalized spacial score (nSPS) is 24.5. The first kappa shape index (κ1) is 15.0. The topological polar surface area (TPSA) is 89.7 Å². The summed E-state index contributed by atoms with van der Waals surface area (Å²) in [5, 5.41) is 0. The average molecular weight is 298 g/mol. The monoisotopic (exact) mass is 298 g/mol. The fourth-order valence-corrected chi connectivity index (χ4v) is 3.56. The summed E-state index contributed by atoms with van der Waals surface area (Å²) in [6.45, 7) is 3.67. The minimum atomic E-state index is -3.64. The highest BCUT2D eigenvalue weighted by atomic mass is 32.2. The van der Waals surface area contributed by atoms with Gasteiger partial charge >= 0.3 is 0 Å². The van der Waals surface area contributed by atoms with Crippen molar-refractivity contribution in [1.82, 2.24) is 4.31 Å². The highest BCUT2D eigenvalue weighted by Gasteiger charge is 2.41. The van der Waals surface area contributed by atoms with Gasteiger partial charge in [0.2, 0.25) is 10.0 Å². The summed E-state index contributed by atoms with van der Waals surface area (Å²) in [6, 6.07) is 6.59. The minimum Gasteiger partial charge on any atom is -0.367 e. The number of nitrogens with two attached hydrogens (primary N) is 1. The Morgan fingerprint density at radius 2 is 1.95 bits per heavy atom. The Kier molecular flexibility index (Phi) is 3.86. The first-order valence-electron chi connectivity index (χ1n) is 6.26. The molecule has 1 heterocycles. The number of hydrogen-bond acceptors (Lipinski definition) is 4. The molecule has 6 nitrogen and oxygen atoms in total. The SMILES string of the molecule is Cc1ccc(S(=O)(=O)N2CCO[C@](C)(C(N)=O)C2)cc1. The second-order valence-electron chi connectivity index (χ2n) is 5.10. The highest BCUT2D eigenvalue weighted by Crippen LogP contribution is 2.24. The van der Waals surface area contributed by atoms with Gasteiger partial charge in [-0.3, -0.25) is 4.79 Å². The van der Waals surface area contributed by atoms with E-state index in [0.29, 0.717) is 0 Å². The molecule has 20 heavy (non-hydrogen) atoms. The number of benzene rings is 1. The molecule has 0 radical (unpaired) electrons. The lowest BCUT2D eigenvalue weighted by molar-refractivity contribution is -0.148. The van der Waals surface area contributed by atoms with Crippen LogP contribution in [0.1, 0.15) is 12.5 Å². The highest BCUT2D eigenvalue weighted by molar-refractivity contribution is 7.89. The zero-order chi connectivity index (χ0) is 15.0. The summed E-state index contributed by atoms with van der Waals surface area (Å²) in [5.74, 6) is -0.665. The number of sulfonamides is 1. The first-order chi connectivity index (χ1) is 9.25. The van der Waals surface area contributed by atoms with Crippen molar-refractivity contribution < 1.29 is 17.9 Å². The van der Waals surface area contributed by atoms with Crippen molar-refractivity contribution in [2.75, 3.05) is 19.7 Å². The molecule has 2 N–H and O–H groups in total. The number of amides is 1. The molecule has 1 atom stereocenters. The molecule has 1 aliphatic heterocycles. The molecule has 7 heteroatoms.